The summed E-state index contributed by atoms with van der Waals surface area (Å²) in [6, 6.07) is 12.4. The molecule has 0 fully saturated rings. The Kier molecular flexibility index (Phi) is 4.71. The number of nitrogens with two attached hydrogens (primary N) is 1. The molecule has 0 aliphatic heterocycles. The van der Waals surface area contributed by atoms with Crippen LogP contribution in [0.2, 0.25) is 0 Å². The molecule has 5 N–H and O–H groups in total. The molecule has 0 bridgehead atoms. The second-order valence-electron chi connectivity index (χ2n) is 5.51. The number of rotatable bonds is 5. The number of aromatic nitrogens is 1. The van der Waals surface area contributed by atoms with E-state index in [1.807, 2.05) is 30.5 Å². The van der Waals surface area contributed by atoms with Gasteiger partial charge in [0.2, 0.25) is 0 Å². The number of para-hydroxylation sites is 1. The highest BCUT2D eigenvalue weighted by molar-refractivity contribution is 7.90. The minimum atomic E-state index is -3.84. The molecule has 3 rings (SSSR count). The maximum absolute atomic E-state index is 12.9. The molecule has 0 saturated carbocycles. The van der Waals surface area contributed by atoms with Gasteiger partial charge in [-0.1, -0.05) is 18.2 Å². The number of hydrogen-bond acceptors (Lipinski definition) is 2. The van der Waals surface area contributed by atoms with E-state index in [4.69, 9.17) is 5.73 Å². The van der Waals surface area contributed by atoms with Crippen LogP contribution in [-0.4, -0.2) is 25.9 Å². The van der Waals surface area contributed by atoms with Crippen molar-refractivity contribution in [1.82, 2.24) is 9.71 Å². The molecular formula is C17H18FN4O2S+. The van der Waals surface area contributed by atoms with E-state index in [1.54, 1.807) is 0 Å². The molecule has 0 atom stereocenters. The predicted molar refractivity (Wildman–Crippen MR) is 93.7 cm³/mol. The Balaban J connectivity index is 1.64. The van der Waals surface area contributed by atoms with Crippen molar-refractivity contribution in [2.45, 2.75) is 11.3 Å². The number of benzene rings is 2. The smallest absolute Gasteiger partial charge is 0.356 e. The molecule has 0 unspecified atom stereocenters. The van der Waals surface area contributed by atoms with Crippen molar-refractivity contribution in [3.8, 4) is 0 Å². The van der Waals surface area contributed by atoms with Gasteiger partial charge in [-0.05, 0) is 35.9 Å². The topological polar surface area (TPSA) is 102 Å². The van der Waals surface area contributed by atoms with E-state index >= 15 is 0 Å². The van der Waals surface area contributed by atoms with Crippen LogP contribution in [0.15, 0.2) is 59.6 Å². The van der Waals surface area contributed by atoms with E-state index in [0.29, 0.717) is 13.0 Å². The molecule has 0 saturated heterocycles. The molecule has 1 aromatic heterocycles. The van der Waals surface area contributed by atoms with E-state index in [9.17, 15) is 12.8 Å². The zero-order chi connectivity index (χ0) is 17.9. The number of fused-ring (bicyclic) bond motifs is 1. The molecule has 6 nitrogen and oxygen atoms in total. The molecule has 0 aliphatic carbocycles. The summed E-state index contributed by atoms with van der Waals surface area (Å²) in [6.45, 7) is 0.458. The highest BCUT2D eigenvalue weighted by Gasteiger charge is 2.19. The lowest BCUT2D eigenvalue weighted by atomic mass is 10.1. The zero-order valence-electron chi connectivity index (χ0n) is 13.3. The second-order valence-corrected chi connectivity index (χ2v) is 7.19. The van der Waals surface area contributed by atoms with E-state index in [0.717, 1.165) is 28.6 Å². The van der Waals surface area contributed by atoms with Crippen LogP contribution >= 0.6 is 0 Å². The number of H-pyrrole nitrogens is 1. The number of nitrogens with one attached hydrogen (secondary N) is 3. The van der Waals surface area contributed by atoms with Crippen molar-refractivity contribution in [2.24, 2.45) is 5.73 Å². The number of halogens is 1. The van der Waals surface area contributed by atoms with Crippen LogP contribution < -0.4 is 15.4 Å². The maximum Gasteiger partial charge on any atom is 0.356 e. The number of aromatic amines is 1. The first-order chi connectivity index (χ1) is 12.0. The van der Waals surface area contributed by atoms with Gasteiger partial charge in [-0.3, -0.25) is 10.7 Å². The number of guanidine groups is 1. The Labute approximate surface area is 144 Å². The highest BCUT2D eigenvalue weighted by atomic mass is 32.2. The van der Waals surface area contributed by atoms with Crippen LogP contribution in [0.5, 0.6) is 0 Å². The molecule has 3 aromatic rings. The minimum Gasteiger partial charge on any atom is -0.361 e. The molecular weight excluding hydrogens is 343 g/mol. The van der Waals surface area contributed by atoms with Gasteiger partial charge in [0.05, 0.1) is 6.54 Å². The quantitative estimate of drug-likeness (QED) is 0.386. The van der Waals surface area contributed by atoms with Gasteiger partial charge in [0.1, 0.15) is 10.7 Å². The lowest BCUT2D eigenvalue weighted by Crippen LogP contribution is -2.79. The number of hydrogen-bond donors (Lipinski definition) is 4. The average molecular weight is 361 g/mol. The molecule has 8 heteroatoms. The summed E-state index contributed by atoms with van der Waals surface area (Å²) in [5.41, 5.74) is 7.87. The normalized spacial score (nSPS) is 12.4. The molecule has 130 valence electrons. The summed E-state index contributed by atoms with van der Waals surface area (Å²) in [4.78, 5) is 5.96. The SMILES string of the molecule is NC(NS(=O)(=O)c1ccc(F)cc1)=[NH+]CCc1c[nH]c2ccccc12. The average Bonchev–Trinajstić information content (AvgIpc) is 2.98. The Morgan fingerprint density at radius 2 is 1.88 bits per heavy atom. The van der Waals surface area contributed by atoms with Crippen LogP contribution in [0, 0.1) is 5.82 Å². The van der Waals surface area contributed by atoms with Crippen LogP contribution in [0.1, 0.15) is 5.56 Å². The second kappa shape index (κ2) is 6.94. The van der Waals surface area contributed by atoms with Crippen molar-refractivity contribution < 1.29 is 17.8 Å². The Morgan fingerprint density at radius 3 is 2.64 bits per heavy atom. The van der Waals surface area contributed by atoms with Crippen LogP contribution in [0.4, 0.5) is 4.39 Å². The van der Waals surface area contributed by atoms with Gasteiger partial charge in [0, 0.05) is 23.5 Å². The molecule has 1 heterocycles. The first kappa shape index (κ1) is 17.0. The summed E-state index contributed by atoms with van der Waals surface area (Å²) >= 11 is 0. The fraction of sp³-hybridized carbons (Fsp3) is 0.118. The fourth-order valence-electron chi connectivity index (χ4n) is 2.52. The number of sulfonamides is 1. The molecule has 25 heavy (non-hydrogen) atoms. The third kappa shape index (κ3) is 3.97. The summed E-state index contributed by atoms with van der Waals surface area (Å²) in [7, 11) is -3.84. The Hall–Kier alpha value is -2.87. The van der Waals surface area contributed by atoms with Gasteiger partial charge < -0.3 is 4.98 Å². The minimum absolute atomic E-state index is 0.0599. The summed E-state index contributed by atoms with van der Waals surface area (Å²) in [6.07, 6.45) is 2.59. The molecule has 0 aliphatic rings. The fourth-order valence-corrected chi connectivity index (χ4v) is 3.50. The summed E-state index contributed by atoms with van der Waals surface area (Å²) < 4.78 is 39.4. The zero-order valence-corrected chi connectivity index (χ0v) is 14.1. The van der Waals surface area contributed by atoms with Crippen molar-refractivity contribution in [1.29, 1.82) is 0 Å². The summed E-state index contributed by atoms with van der Waals surface area (Å²) in [5.74, 6) is -0.586. The van der Waals surface area contributed by atoms with E-state index in [-0.39, 0.29) is 10.9 Å². The van der Waals surface area contributed by atoms with Gasteiger partial charge >= 0.3 is 16.0 Å². The van der Waals surface area contributed by atoms with Crippen molar-refractivity contribution in [3.63, 3.8) is 0 Å². The molecule has 0 amide bonds. The molecule has 2 aromatic carbocycles. The lowest BCUT2D eigenvalue weighted by molar-refractivity contribution is -0.458. The third-order valence-electron chi connectivity index (χ3n) is 3.75. The van der Waals surface area contributed by atoms with E-state index < -0.39 is 15.8 Å². The van der Waals surface area contributed by atoms with E-state index in [1.165, 1.54) is 12.1 Å². The van der Waals surface area contributed by atoms with Gasteiger partial charge in [0.25, 0.3) is 0 Å². The van der Waals surface area contributed by atoms with Crippen LogP contribution in [0.3, 0.4) is 0 Å². The first-order valence-electron chi connectivity index (χ1n) is 7.65. The third-order valence-corrected chi connectivity index (χ3v) is 5.13. The Morgan fingerprint density at radius 1 is 1.16 bits per heavy atom. The lowest BCUT2D eigenvalue weighted by Gasteiger charge is -2.02. The standard InChI is InChI=1S/C17H17FN4O2S/c18-13-5-7-14(8-6-13)25(23,24)22-17(19)20-10-9-12-11-21-16-4-2-1-3-15(12)16/h1-8,11,21H,9-10H2,(H3,19,20,22)/p+1. The molecule has 0 radical (unpaired) electrons. The monoisotopic (exact) mass is 361 g/mol. The highest BCUT2D eigenvalue weighted by Crippen LogP contribution is 2.17. The van der Waals surface area contributed by atoms with Crippen molar-refractivity contribution in [2.75, 3.05) is 6.54 Å². The van der Waals surface area contributed by atoms with Gasteiger partial charge in [-0.15, -0.1) is 0 Å². The molecule has 0 spiro atoms. The van der Waals surface area contributed by atoms with Crippen LogP contribution in [-0.2, 0) is 16.4 Å². The van der Waals surface area contributed by atoms with Crippen molar-refractivity contribution >= 4 is 26.9 Å². The van der Waals surface area contributed by atoms with E-state index in [2.05, 4.69) is 14.7 Å². The maximum atomic E-state index is 12.9. The predicted octanol–water partition coefficient (Wildman–Crippen LogP) is 0.223. The summed E-state index contributed by atoms with van der Waals surface area (Å²) in [5, 5.41) is 1.12. The van der Waals surface area contributed by atoms with Gasteiger partial charge in [-0.25, -0.2) is 4.39 Å². The Bertz CT molecular complexity index is 1010. The van der Waals surface area contributed by atoms with Crippen molar-refractivity contribution in [3.05, 3.63) is 66.1 Å². The van der Waals surface area contributed by atoms with Crippen LogP contribution in [0.25, 0.3) is 10.9 Å². The van der Waals surface area contributed by atoms with Gasteiger partial charge in [-0.2, -0.15) is 13.1 Å². The largest absolute Gasteiger partial charge is 0.361 e. The first-order valence-corrected chi connectivity index (χ1v) is 9.14. The van der Waals surface area contributed by atoms with Gasteiger partial charge in [0.15, 0.2) is 0 Å².